The van der Waals surface area contributed by atoms with E-state index in [1.54, 1.807) is 0 Å². The van der Waals surface area contributed by atoms with Gasteiger partial charge in [-0.2, -0.15) is 0 Å². The normalized spacial score (nSPS) is 28.0. The van der Waals surface area contributed by atoms with Crippen molar-refractivity contribution in [2.24, 2.45) is 17.3 Å². The highest BCUT2D eigenvalue weighted by atomic mass is 16.5. The van der Waals surface area contributed by atoms with Gasteiger partial charge in [-0.05, 0) is 81.0 Å². The van der Waals surface area contributed by atoms with E-state index in [4.69, 9.17) is 4.74 Å². The average Bonchev–Trinajstić information content (AvgIpc) is 2.70. The van der Waals surface area contributed by atoms with Crippen molar-refractivity contribution in [2.45, 2.75) is 52.4 Å². The number of nitrogens with one attached hydrogen (secondary N) is 1. The molecule has 3 nitrogen and oxygen atoms in total. The van der Waals surface area contributed by atoms with Crippen LogP contribution in [0.5, 0.6) is 0 Å². The Morgan fingerprint density at radius 3 is 2.74 bits per heavy atom. The molecule has 1 aromatic carbocycles. The minimum Gasteiger partial charge on any atom is -0.380 e. The topological polar surface area (TPSA) is 24.5 Å². The Kier molecular flexibility index (Phi) is 7.75. The molecule has 27 heavy (non-hydrogen) atoms. The number of likely N-dealkylation sites (tertiary alicyclic amines) is 1. The maximum atomic E-state index is 5.42. The van der Waals surface area contributed by atoms with Gasteiger partial charge in [0, 0.05) is 19.7 Å². The number of hydrogen-bond donors (Lipinski definition) is 1. The van der Waals surface area contributed by atoms with E-state index in [2.05, 4.69) is 61.3 Å². The van der Waals surface area contributed by atoms with Gasteiger partial charge in [0.25, 0.3) is 0 Å². The smallest absolute Gasteiger partial charge is 0.0590 e. The van der Waals surface area contributed by atoms with Crippen LogP contribution in [0.15, 0.2) is 30.3 Å². The fraction of sp³-hybridized carbons (Fsp3) is 0.750. The van der Waals surface area contributed by atoms with Crippen molar-refractivity contribution in [2.75, 3.05) is 45.9 Å². The second-order valence-corrected chi connectivity index (χ2v) is 9.19. The molecule has 0 bridgehead atoms. The summed E-state index contributed by atoms with van der Waals surface area (Å²) in [7, 11) is 0. The SMILES string of the molecule is CCOCCNCC1CC(CCN2CCCC(c3ccccc3)C2)C1(C)C. The van der Waals surface area contributed by atoms with E-state index in [1.807, 2.05) is 0 Å². The Hall–Kier alpha value is -0.900. The zero-order valence-electron chi connectivity index (χ0n) is 17.8. The van der Waals surface area contributed by atoms with Crippen LogP contribution in [-0.2, 0) is 4.74 Å². The van der Waals surface area contributed by atoms with Gasteiger partial charge >= 0.3 is 0 Å². The summed E-state index contributed by atoms with van der Waals surface area (Å²) in [4.78, 5) is 2.73. The monoisotopic (exact) mass is 372 g/mol. The van der Waals surface area contributed by atoms with Crippen molar-refractivity contribution in [3.63, 3.8) is 0 Å². The molecule has 3 rings (SSSR count). The second-order valence-electron chi connectivity index (χ2n) is 9.19. The van der Waals surface area contributed by atoms with Gasteiger partial charge in [0.1, 0.15) is 0 Å². The van der Waals surface area contributed by atoms with Crippen LogP contribution in [0.4, 0.5) is 0 Å². The van der Waals surface area contributed by atoms with E-state index >= 15 is 0 Å². The van der Waals surface area contributed by atoms with Gasteiger partial charge in [-0.1, -0.05) is 44.2 Å². The fourth-order valence-electron chi connectivity index (χ4n) is 5.12. The highest BCUT2D eigenvalue weighted by molar-refractivity contribution is 5.20. The van der Waals surface area contributed by atoms with Crippen molar-refractivity contribution >= 4 is 0 Å². The van der Waals surface area contributed by atoms with Gasteiger partial charge in [0.15, 0.2) is 0 Å². The maximum Gasteiger partial charge on any atom is 0.0590 e. The Balaban J connectivity index is 1.37. The third-order valence-corrected chi connectivity index (χ3v) is 7.26. The molecular weight excluding hydrogens is 332 g/mol. The predicted molar refractivity (Wildman–Crippen MR) is 114 cm³/mol. The molecule has 0 spiro atoms. The van der Waals surface area contributed by atoms with Crippen LogP contribution in [0.25, 0.3) is 0 Å². The molecule has 0 radical (unpaired) electrons. The van der Waals surface area contributed by atoms with Crippen LogP contribution < -0.4 is 5.32 Å². The number of benzene rings is 1. The molecule has 2 aliphatic rings. The molecule has 0 aromatic heterocycles. The molecule has 1 heterocycles. The molecule has 1 aliphatic heterocycles. The lowest BCUT2D eigenvalue weighted by Crippen LogP contribution is -2.50. The molecule has 1 aliphatic carbocycles. The Bertz CT molecular complexity index is 545. The van der Waals surface area contributed by atoms with Gasteiger partial charge in [0.05, 0.1) is 6.61 Å². The predicted octanol–water partition coefficient (Wildman–Crippen LogP) is 4.54. The van der Waals surface area contributed by atoms with E-state index in [0.29, 0.717) is 5.41 Å². The lowest BCUT2D eigenvalue weighted by molar-refractivity contribution is -0.0306. The largest absolute Gasteiger partial charge is 0.380 e. The third kappa shape index (κ3) is 5.56. The minimum atomic E-state index is 0.479. The zero-order valence-corrected chi connectivity index (χ0v) is 17.8. The van der Waals surface area contributed by atoms with Crippen molar-refractivity contribution in [3.8, 4) is 0 Å². The Morgan fingerprint density at radius 1 is 1.19 bits per heavy atom. The third-order valence-electron chi connectivity index (χ3n) is 7.26. The van der Waals surface area contributed by atoms with Crippen LogP contribution in [0, 0.1) is 17.3 Å². The summed E-state index contributed by atoms with van der Waals surface area (Å²) in [5.41, 5.74) is 2.01. The van der Waals surface area contributed by atoms with Crippen LogP contribution in [-0.4, -0.2) is 50.8 Å². The first-order valence-electron chi connectivity index (χ1n) is 11.2. The summed E-state index contributed by atoms with van der Waals surface area (Å²) in [6.07, 6.45) is 5.46. The van der Waals surface area contributed by atoms with E-state index < -0.39 is 0 Å². The zero-order chi connectivity index (χ0) is 19.1. The highest BCUT2D eigenvalue weighted by Gasteiger charge is 2.46. The lowest BCUT2D eigenvalue weighted by atomic mass is 9.54. The van der Waals surface area contributed by atoms with Crippen LogP contribution in [0.3, 0.4) is 0 Å². The molecule has 1 aromatic rings. The van der Waals surface area contributed by atoms with E-state index in [0.717, 1.165) is 44.1 Å². The van der Waals surface area contributed by atoms with Crippen LogP contribution in [0.1, 0.15) is 57.9 Å². The Morgan fingerprint density at radius 2 is 2.00 bits per heavy atom. The summed E-state index contributed by atoms with van der Waals surface area (Å²) >= 11 is 0. The molecule has 1 saturated heterocycles. The number of rotatable bonds is 10. The lowest BCUT2D eigenvalue weighted by Gasteiger charge is -2.53. The molecular formula is C24H40N2O. The van der Waals surface area contributed by atoms with Crippen molar-refractivity contribution < 1.29 is 4.74 Å². The fourth-order valence-corrected chi connectivity index (χ4v) is 5.12. The van der Waals surface area contributed by atoms with Crippen LogP contribution >= 0.6 is 0 Å². The molecule has 0 amide bonds. The van der Waals surface area contributed by atoms with E-state index in [9.17, 15) is 0 Å². The van der Waals surface area contributed by atoms with Gasteiger partial charge in [-0.25, -0.2) is 0 Å². The first-order valence-corrected chi connectivity index (χ1v) is 11.2. The van der Waals surface area contributed by atoms with Crippen molar-refractivity contribution in [1.29, 1.82) is 0 Å². The molecule has 3 unspecified atom stereocenters. The molecule has 1 N–H and O–H groups in total. The van der Waals surface area contributed by atoms with Gasteiger partial charge < -0.3 is 15.0 Å². The average molecular weight is 373 g/mol. The Labute approximate surface area is 166 Å². The summed E-state index contributed by atoms with van der Waals surface area (Å²) < 4.78 is 5.42. The number of piperidine rings is 1. The number of nitrogens with zero attached hydrogens (tertiary/aromatic N) is 1. The molecule has 152 valence electrons. The van der Waals surface area contributed by atoms with Gasteiger partial charge in [0.2, 0.25) is 0 Å². The summed E-state index contributed by atoms with van der Waals surface area (Å²) in [5, 5.41) is 3.59. The summed E-state index contributed by atoms with van der Waals surface area (Å²) in [6.45, 7) is 14.6. The molecule has 3 heteroatoms. The summed E-state index contributed by atoms with van der Waals surface area (Å²) in [6, 6.07) is 11.1. The van der Waals surface area contributed by atoms with Crippen molar-refractivity contribution in [1.82, 2.24) is 10.2 Å². The highest BCUT2D eigenvalue weighted by Crippen LogP contribution is 2.52. The van der Waals surface area contributed by atoms with Gasteiger partial charge in [-0.15, -0.1) is 0 Å². The minimum absolute atomic E-state index is 0.479. The molecule has 1 saturated carbocycles. The standard InChI is InChI=1S/C24H40N2O/c1-4-27-16-13-25-18-23-17-22(24(23,2)3)12-15-26-14-8-11-21(19-26)20-9-6-5-7-10-20/h5-7,9-10,21-23,25H,4,8,11-19H2,1-3H3. The first-order chi connectivity index (χ1) is 13.1. The van der Waals surface area contributed by atoms with E-state index in [1.165, 1.54) is 50.9 Å². The quantitative estimate of drug-likeness (QED) is 0.610. The molecule has 2 fully saturated rings. The number of hydrogen-bond acceptors (Lipinski definition) is 3. The maximum absolute atomic E-state index is 5.42. The van der Waals surface area contributed by atoms with Gasteiger partial charge in [-0.3, -0.25) is 0 Å². The first kappa shape index (κ1) is 20.8. The van der Waals surface area contributed by atoms with E-state index in [-0.39, 0.29) is 0 Å². The number of ether oxygens (including phenoxy) is 1. The van der Waals surface area contributed by atoms with Crippen LogP contribution in [0.2, 0.25) is 0 Å². The van der Waals surface area contributed by atoms with Crippen molar-refractivity contribution in [3.05, 3.63) is 35.9 Å². The second kappa shape index (κ2) is 10.0. The summed E-state index contributed by atoms with van der Waals surface area (Å²) in [5.74, 6) is 2.44. The molecule has 3 atom stereocenters.